The van der Waals surface area contributed by atoms with E-state index in [1.807, 2.05) is 10.9 Å². The van der Waals surface area contributed by atoms with Crippen molar-refractivity contribution in [1.82, 2.24) is 9.78 Å². The van der Waals surface area contributed by atoms with Crippen molar-refractivity contribution >= 4 is 5.69 Å². The Labute approximate surface area is 77.7 Å². The maximum atomic E-state index is 5.59. The molecule has 0 aliphatic carbocycles. The molecule has 0 amide bonds. The number of nitrogens with zero attached hydrogens (tertiary/aromatic N) is 2. The Morgan fingerprint density at radius 3 is 3.15 bits per heavy atom. The predicted molar refractivity (Wildman–Crippen MR) is 50.2 cm³/mol. The van der Waals surface area contributed by atoms with Crippen LogP contribution in [0.2, 0.25) is 0 Å². The van der Waals surface area contributed by atoms with Gasteiger partial charge in [0.15, 0.2) is 0 Å². The molecule has 4 heteroatoms. The van der Waals surface area contributed by atoms with Gasteiger partial charge in [0.25, 0.3) is 0 Å². The van der Waals surface area contributed by atoms with Gasteiger partial charge in [-0.25, -0.2) is 0 Å². The lowest BCUT2D eigenvalue weighted by Gasteiger charge is -2.22. The van der Waals surface area contributed by atoms with Gasteiger partial charge in [-0.1, -0.05) is 0 Å². The van der Waals surface area contributed by atoms with Gasteiger partial charge in [-0.15, -0.1) is 0 Å². The number of anilines is 1. The molecule has 4 nitrogen and oxygen atoms in total. The maximum absolute atomic E-state index is 5.59. The quantitative estimate of drug-likeness (QED) is 0.741. The second kappa shape index (κ2) is 3.79. The summed E-state index contributed by atoms with van der Waals surface area (Å²) >= 11 is 0. The number of nitrogen functional groups attached to an aromatic ring is 1. The monoisotopic (exact) mass is 181 g/mol. The molecule has 2 heterocycles. The van der Waals surface area contributed by atoms with Gasteiger partial charge in [0.05, 0.1) is 24.5 Å². The third-order valence-corrected chi connectivity index (χ3v) is 2.32. The highest BCUT2D eigenvalue weighted by Gasteiger charge is 2.14. The van der Waals surface area contributed by atoms with Crippen molar-refractivity contribution < 1.29 is 4.74 Å². The molecule has 1 aliphatic heterocycles. The summed E-state index contributed by atoms with van der Waals surface area (Å²) in [7, 11) is 0. The molecule has 1 aliphatic rings. The van der Waals surface area contributed by atoms with Crippen LogP contribution in [-0.4, -0.2) is 22.5 Å². The molecule has 2 N–H and O–H groups in total. The van der Waals surface area contributed by atoms with E-state index in [4.69, 9.17) is 10.5 Å². The smallest absolute Gasteiger partial charge is 0.0770 e. The normalized spacial score (nSPS) is 23.2. The number of nitrogens with two attached hydrogens (primary N) is 1. The molecule has 1 unspecified atom stereocenters. The zero-order valence-electron chi connectivity index (χ0n) is 7.65. The van der Waals surface area contributed by atoms with E-state index in [1.54, 1.807) is 6.20 Å². The van der Waals surface area contributed by atoms with E-state index >= 15 is 0 Å². The molecule has 2 rings (SSSR count). The standard InChI is InChI=1S/C9H15N3O/c10-8-5-11-12(6-8)7-9-3-1-2-4-13-9/h5-6,9H,1-4,7,10H2. The van der Waals surface area contributed by atoms with E-state index < -0.39 is 0 Å². The van der Waals surface area contributed by atoms with Crippen molar-refractivity contribution in [3.05, 3.63) is 12.4 Å². The van der Waals surface area contributed by atoms with Crippen molar-refractivity contribution in [3.63, 3.8) is 0 Å². The molecule has 0 bridgehead atoms. The van der Waals surface area contributed by atoms with Crippen LogP contribution in [0.15, 0.2) is 12.4 Å². The Balaban J connectivity index is 1.89. The van der Waals surface area contributed by atoms with E-state index in [0.717, 1.165) is 25.3 Å². The Morgan fingerprint density at radius 2 is 2.54 bits per heavy atom. The number of hydrogen-bond acceptors (Lipinski definition) is 3. The zero-order chi connectivity index (χ0) is 9.10. The Morgan fingerprint density at radius 1 is 1.62 bits per heavy atom. The van der Waals surface area contributed by atoms with Gasteiger partial charge >= 0.3 is 0 Å². The van der Waals surface area contributed by atoms with Crippen LogP contribution >= 0.6 is 0 Å². The van der Waals surface area contributed by atoms with Crippen molar-refractivity contribution in [3.8, 4) is 0 Å². The number of rotatable bonds is 2. The Hall–Kier alpha value is -1.03. The average molecular weight is 181 g/mol. The first-order chi connectivity index (χ1) is 6.34. The molecule has 13 heavy (non-hydrogen) atoms. The molecule has 1 fully saturated rings. The first kappa shape index (κ1) is 8.56. The summed E-state index contributed by atoms with van der Waals surface area (Å²) in [5.41, 5.74) is 6.28. The van der Waals surface area contributed by atoms with E-state index in [9.17, 15) is 0 Å². The molecule has 1 atom stereocenters. The van der Waals surface area contributed by atoms with Crippen LogP contribution in [-0.2, 0) is 11.3 Å². The fraction of sp³-hybridized carbons (Fsp3) is 0.667. The lowest BCUT2D eigenvalue weighted by Crippen LogP contribution is -2.24. The Kier molecular flexibility index (Phi) is 2.49. The number of ether oxygens (including phenoxy) is 1. The summed E-state index contributed by atoms with van der Waals surface area (Å²) < 4.78 is 7.44. The number of hydrogen-bond donors (Lipinski definition) is 1. The minimum Gasteiger partial charge on any atom is -0.396 e. The van der Waals surface area contributed by atoms with Crippen LogP contribution in [0.3, 0.4) is 0 Å². The lowest BCUT2D eigenvalue weighted by atomic mass is 10.1. The van der Waals surface area contributed by atoms with Gasteiger partial charge in [0.1, 0.15) is 0 Å². The summed E-state index contributed by atoms with van der Waals surface area (Å²) in [4.78, 5) is 0. The van der Waals surface area contributed by atoms with Gasteiger partial charge in [-0.05, 0) is 19.3 Å². The van der Waals surface area contributed by atoms with Gasteiger partial charge in [-0.3, -0.25) is 4.68 Å². The fourth-order valence-corrected chi connectivity index (χ4v) is 1.64. The largest absolute Gasteiger partial charge is 0.396 e. The summed E-state index contributed by atoms with van der Waals surface area (Å²) in [6.45, 7) is 1.72. The highest BCUT2D eigenvalue weighted by molar-refractivity contribution is 5.30. The summed E-state index contributed by atoms with van der Waals surface area (Å²) in [5.74, 6) is 0. The highest BCUT2D eigenvalue weighted by Crippen LogP contribution is 2.14. The van der Waals surface area contributed by atoms with Crippen molar-refractivity contribution in [2.45, 2.75) is 31.9 Å². The highest BCUT2D eigenvalue weighted by atomic mass is 16.5. The van der Waals surface area contributed by atoms with Crippen molar-refractivity contribution in [1.29, 1.82) is 0 Å². The molecular formula is C9H15N3O. The SMILES string of the molecule is Nc1cnn(CC2CCCCO2)c1. The van der Waals surface area contributed by atoms with Crippen LogP contribution in [0, 0.1) is 0 Å². The molecule has 1 aromatic heterocycles. The first-order valence-corrected chi connectivity index (χ1v) is 4.74. The van der Waals surface area contributed by atoms with Crippen molar-refractivity contribution in [2.75, 3.05) is 12.3 Å². The molecule has 0 spiro atoms. The minimum atomic E-state index is 0.327. The second-order valence-electron chi connectivity index (χ2n) is 3.48. The van der Waals surface area contributed by atoms with Crippen LogP contribution in [0.5, 0.6) is 0 Å². The van der Waals surface area contributed by atoms with E-state index in [0.29, 0.717) is 6.10 Å². The van der Waals surface area contributed by atoms with Crippen LogP contribution in [0.25, 0.3) is 0 Å². The van der Waals surface area contributed by atoms with Gasteiger partial charge in [-0.2, -0.15) is 5.10 Å². The third kappa shape index (κ3) is 2.21. The van der Waals surface area contributed by atoms with Gasteiger partial charge in [0.2, 0.25) is 0 Å². The van der Waals surface area contributed by atoms with Crippen LogP contribution < -0.4 is 5.73 Å². The van der Waals surface area contributed by atoms with Crippen molar-refractivity contribution in [2.24, 2.45) is 0 Å². The summed E-state index contributed by atoms with van der Waals surface area (Å²) in [6, 6.07) is 0. The molecule has 1 saturated heterocycles. The van der Waals surface area contributed by atoms with E-state index in [-0.39, 0.29) is 0 Å². The molecule has 0 radical (unpaired) electrons. The number of aromatic nitrogens is 2. The van der Waals surface area contributed by atoms with Crippen LogP contribution in [0.4, 0.5) is 5.69 Å². The Bertz CT molecular complexity index is 266. The molecular weight excluding hydrogens is 166 g/mol. The minimum absolute atomic E-state index is 0.327. The van der Waals surface area contributed by atoms with E-state index in [2.05, 4.69) is 5.10 Å². The lowest BCUT2D eigenvalue weighted by molar-refractivity contribution is 0.00401. The summed E-state index contributed by atoms with van der Waals surface area (Å²) in [5, 5.41) is 4.12. The zero-order valence-corrected chi connectivity index (χ0v) is 7.65. The van der Waals surface area contributed by atoms with Gasteiger partial charge < -0.3 is 10.5 Å². The van der Waals surface area contributed by atoms with Gasteiger partial charge in [0, 0.05) is 12.8 Å². The second-order valence-corrected chi connectivity index (χ2v) is 3.48. The fourth-order valence-electron chi connectivity index (χ4n) is 1.64. The van der Waals surface area contributed by atoms with E-state index in [1.165, 1.54) is 12.8 Å². The molecule has 0 saturated carbocycles. The topological polar surface area (TPSA) is 53.1 Å². The maximum Gasteiger partial charge on any atom is 0.0770 e. The molecule has 0 aromatic carbocycles. The summed E-state index contributed by atoms with van der Waals surface area (Å²) in [6.07, 6.45) is 7.44. The first-order valence-electron chi connectivity index (χ1n) is 4.74. The predicted octanol–water partition coefficient (Wildman–Crippen LogP) is 1.03. The third-order valence-electron chi connectivity index (χ3n) is 2.32. The molecule has 1 aromatic rings. The average Bonchev–Trinajstić information content (AvgIpc) is 2.53. The van der Waals surface area contributed by atoms with Crippen LogP contribution in [0.1, 0.15) is 19.3 Å². The molecule has 72 valence electrons.